The second kappa shape index (κ2) is 3.82. The molecule has 3 nitrogen and oxygen atoms in total. The van der Waals surface area contributed by atoms with Crippen LogP contribution in [-0.4, -0.2) is 19.3 Å². The molecule has 1 aromatic heterocycles. The van der Waals surface area contributed by atoms with E-state index in [9.17, 15) is 4.79 Å². The average molecular weight is 203 g/mol. The molecule has 1 rings (SSSR count). The summed E-state index contributed by atoms with van der Waals surface area (Å²) in [5, 5.41) is 0. The minimum Gasteiger partial charge on any atom is -0.465 e. The number of methoxy groups -OCH3 is 1. The lowest BCUT2D eigenvalue weighted by atomic mass is 10.4. The fraction of sp³-hybridized carbons (Fsp3) is 0.286. The van der Waals surface area contributed by atoms with Gasteiger partial charge in [0.15, 0.2) is 0 Å². The third-order valence-electron chi connectivity index (χ3n) is 1.30. The highest BCUT2D eigenvalue weighted by molar-refractivity contribution is 8.00. The van der Waals surface area contributed by atoms with Crippen LogP contribution in [0.3, 0.4) is 0 Å². The molecule has 0 saturated carbocycles. The monoisotopic (exact) mass is 203 g/mol. The minimum atomic E-state index is -0.327. The summed E-state index contributed by atoms with van der Waals surface area (Å²) in [6.07, 6.45) is 1.92. The summed E-state index contributed by atoms with van der Waals surface area (Å²) in [7, 11) is 1.36. The molecule has 2 N–H and O–H groups in total. The number of thiophene rings is 1. The van der Waals surface area contributed by atoms with E-state index in [0.29, 0.717) is 10.6 Å². The van der Waals surface area contributed by atoms with E-state index in [-0.39, 0.29) is 5.97 Å². The Kier molecular flexibility index (Phi) is 2.99. The van der Waals surface area contributed by atoms with E-state index in [0.717, 1.165) is 4.21 Å². The van der Waals surface area contributed by atoms with Crippen LogP contribution in [0.1, 0.15) is 9.67 Å². The number of nitrogen functional groups attached to an aromatic ring is 1. The maximum Gasteiger partial charge on any atom is 0.348 e. The summed E-state index contributed by atoms with van der Waals surface area (Å²) in [5.41, 5.74) is 6.27. The molecule has 0 unspecified atom stereocenters. The second-order valence-electron chi connectivity index (χ2n) is 2.05. The van der Waals surface area contributed by atoms with E-state index < -0.39 is 0 Å². The van der Waals surface area contributed by atoms with Gasteiger partial charge in [-0.15, -0.1) is 23.1 Å². The molecule has 0 aliphatic heterocycles. The molecule has 66 valence electrons. The number of thioether (sulfide) groups is 1. The van der Waals surface area contributed by atoms with E-state index in [4.69, 9.17) is 5.73 Å². The van der Waals surface area contributed by atoms with Crippen LogP contribution in [0, 0.1) is 0 Å². The lowest BCUT2D eigenvalue weighted by Gasteiger charge is -1.91. The van der Waals surface area contributed by atoms with Crippen molar-refractivity contribution in [3.05, 3.63) is 10.9 Å². The summed E-state index contributed by atoms with van der Waals surface area (Å²) in [5.74, 6) is -0.327. The van der Waals surface area contributed by atoms with Crippen molar-refractivity contribution in [2.45, 2.75) is 4.21 Å². The quantitative estimate of drug-likeness (QED) is 0.588. The second-order valence-corrected chi connectivity index (χ2v) is 4.18. The number of hydrogen-bond acceptors (Lipinski definition) is 5. The van der Waals surface area contributed by atoms with Gasteiger partial charge in [0.25, 0.3) is 0 Å². The SMILES string of the molecule is COC(=O)c1cc(N)c(SC)s1. The van der Waals surface area contributed by atoms with Gasteiger partial charge in [-0.3, -0.25) is 0 Å². The first-order chi connectivity index (χ1) is 5.69. The van der Waals surface area contributed by atoms with Crippen LogP contribution in [0.4, 0.5) is 5.69 Å². The molecular formula is C7H9NO2S2. The summed E-state index contributed by atoms with van der Waals surface area (Å²) in [6, 6.07) is 1.64. The van der Waals surface area contributed by atoms with Crippen LogP contribution < -0.4 is 5.73 Å². The largest absolute Gasteiger partial charge is 0.465 e. The smallest absolute Gasteiger partial charge is 0.348 e. The van der Waals surface area contributed by atoms with Crippen molar-refractivity contribution >= 4 is 34.8 Å². The number of ether oxygens (including phenoxy) is 1. The third-order valence-corrected chi connectivity index (χ3v) is 3.58. The molecule has 0 amide bonds. The zero-order chi connectivity index (χ0) is 9.14. The topological polar surface area (TPSA) is 52.3 Å². The maximum absolute atomic E-state index is 11.0. The van der Waals surface area contributed by atoms with Crippen molar-refractivity contribution in [1.29, 1.82) is 0 Å². The van der Waals surface area contributed by atoms with Crippen molar-refractivity contribution in [2.75, 3.05) is 19.1 Å². The molecule has 0 saturated heterocycles. The number of carbonyl (C=O) groups excluding carboxylic acids is 1. The molecular weight excluding hydrogens is 194 g/mol. The highest BCUT2D eigenvalue weighted by Crippen LogP contribution is 2.32. The molecule has 0 spiro atoms. The number of rotatable bonds is 2. The summed E-state index contributed by atoms with van der Waals surface area (Å²) in [6.45, 7) is 0. The number of anilines is 1. The van der Waals surface area contributed by atoms with Crippen LogP contribution >= 0.6 is 23.1 Å². The standard InChI is InChI=1S/C7H9NO2S2/c1-10-6(9)5-3-4(8)7(11-2)12-5/h3H,8H2,1-2H3. The van der Waals surface area contributed by atoms with Crippen molar-refractivity contribution in [3.8, 4) is 0 Å². The molecule has 0 fully saturated rings. The minimum absolute atomic E-state index is 0.327. The van der Waals surface area contributed by atoms with E-state index >= 15 is 0 Å². The Bertz CT molecular complexity index is 296. The summed E-state index contributed by atoms with van der Waals surface area (Å²) in [4.78, 5) is 11.6. The van der Waals surface area contributed by atoms with Crippen molar-refractivity contribution < 1.29 is 9.53 Å². The van der Waals surface area contributed by atoms with Crippen LogP contribution in [0.5, 0.6) is 0 Å². The number of carbonyl (C=O) groups is 1. The maximum atomic E-state index is 11.0. The van der Waals surface area contributed by atoms with Gasteiger partial charge in [-0.1, -0.05) is 0 Å². The van der Waals surface area contributed by atoms with Crippen molar-refractivity contribution in [1.82, 2.24) is 0 Å². The Hall–Kier alpha value is -0.680. The Morgan fingerprint density at radius 1 is 1.75 bits per heavy atom. The van der Waals surface area contributed by atoms with Gasteiger partial charge in [0.2, 0.25) is 0 Å². The normalized spacial score (nSPS) is 9.83. The fourth-order valence-corrected chi connectivity index (χ4v) is 2.38. The fourth-order valence-electron chi connectivity index (χ4n) is 0.749. The lowest BCUT2D eigenvalue weighted by molar-refractivity contribution is 0.0606. The number of hydrogen-bond donors (Lipinski definition) is 1. The van der Waals surface area contributed by atoms with Gasteiger partial charge in [-0.05, 0) is 12.3 Å². The molecule has 0 aromatic carbocycles. The van der Waals surface area contributed by atoms with Crippen molar-refractivity contribution in [2.24, 2.45) is 0 Å². The predicted molar refractivity (Wildman–Crippen MR) is 51.9 cm³/mol. The van der Waals surface area contributed by atoms with Crippen LogP contribution in [0.25, 0.3) is 0 Å². The van der Waals surface area contributed by atoms with Gasteiger partial charge < -0.3 is 10.5 Å². The van der Waals surface area contributed by atoms with Gasteiger partial charge in [0.1, 0.15) is 4.88 Å². The zero-order valence-corrected chi connectivity index (χ0v) is 8.42. The van der Waals surface area contributed by atoms with Gasteiger partial charge in [-0.2, -0.15) is 0 Å². The molecule has 1 aromatic rings. The van der Waals surface area contributed by atoms with Crippen molar-refractivity contribution in [3.63, 3.8) is 0 Å². The summed E-state index contributed by atoms with van der Waals surface area (Å²) < 4.78 is 5.51. The van der Waals surface area contributed by atoms with Crippen LogP contribution in [0.15, 0.2) is 10.3 Å². The first-order valence-electron chi connectivity index (χ1n) is 3.20. The van der Waals surface area contributed by atoms with Gasteiger partial charge in [-0.25, -0.2) is 4.79 Å². The Morgan fingerprint density at radius 2 is 2.42 bits per heavy atom. The van der Waals surface area contributed by atoms with Crippen LogP contribution in [0.2, 0.25) is 0 Å². The predicted octanol–water partition coefficient (Wildman–Crippen LogP) is 1.84. The van der Waals surface area contributed by atoms with Gasteiger partial charge in [0.05, 0.1) is 17.0 Å². The molecule has 0 aliphatic rings. The van der Waals surface area contributed by atoms with E-state index in [2.05, 4.69) is 4.74 Å². The first kappa shape index (κ1) is 9.41. The molecule has 5 heteroatoms. The van der Waals surface area contributed by atoms with E-state index in [1.54, 1.807) is 6.07 Å². The molecule has 0 atom stereocenters. The number of nitrogens with two attached hydrogens (primary N) is 1. The molecule has 0 radical (unpaired) electrons. The third kappa shape index (κ3) is 1.73. The molecule has 0 bridgehead atoms. The molecule has 0 aliphatic carbocycles. The molecule has 1 heterocycles. The molecule has 12 heavy (non-hydrogen) atoms. The Labute approximate surface area is 78.9 Å². The van der Waals surface area contributed by atoms with Crippen LogP contribution in [-0.2, 0) is 4.74 Å². The van der Waals surface area contributed by atoms with Gasteiger partial charge >= 0.3 is 5.97 Å². The van der Waals surface area contributed by atoms with Gasteiger partial charge in [0, 0.05) is 0 Å². The van der Waals surface area contributed by atoms with E-state index in [1.165, 1.54) is 30.2 Å². The highest BCUT2D eigenvalue weighted by Gasteiger charge is 2.11. The lowest BCUT2D eigenvalue weighted by Crippen LogP contribution is -1.97. The summed E-state index contributed by atoms with van der Waals surface area (Å²) >= 11 is 2.89. The Balaban J connectivity index is 2.96. The number of esters is 1. The average Bonchev–Trinajstić information content (AvgIpc) is 2.45. The Morgan fingerprint density at radius 3 is 2.83 bits per heavy atom. The first-order valence-corrected chi connectivity index (χ1v) is 5.24. The van der Waals surface area contributed by atoms with E-state index in [1.807, 2.05) is 6.26 Å². The highest BCUT2D eigenvalue weighted by atomic mass is 32.2. The zero-order valence-electron chi connectivity index (χ0n) is 6.79.